The van der Waals surface area contributed by atoms with Crippen molar-refractivity contribution in [3.05, 3.63) is 0 Å². The molecule has 0 radical (unpaired) electrons. The standard InChI is InChI=1S/C5H8O2.C5H12Si/c6-4-2-1-3-5-7;1-2-4-6-5-3-1/h4-5H,1-3H2;1-6H2. The molecule has 1 fully saturated rings. The van der Waals surface area contributed by atoms with E-state index in [1.165, 1.54) is 6.42 Å². The molecule has 0 atom stereocenters. The number of carbonyl (C=O) groups excluding carboxylic acids is 2. The van der Waals surface area contributed by atoms with Crippen molar-refractivity contribution in [3.8, 4) is 0 Å². The van der Waals surface area contributed by atoms with E-state index < -0.39 is 0 Å². The maximum atomic E-state index is 9.56. The Morgan fingerprint density at radius 3 is 1.69 bits per heavy atom. The molecule has 1 saturated heterocycles. The van der Waals surface area contributed by atoms with Crippen LogP contribution in [0.4, 0.5) is 0 Å². The minimum absolute atomic E-state index is 0.508. The highest BCUT2D eigenvalue weighted by atomic mass is 28.2. The zero-order valence-corrected chi connectivity index (χ0v) is 9.75. The molecule has 1 aliphatic heterocycles. The smallest absolute Gasteiger partial charge is 0.120 e. The first-order chi connectivity index (χ1) is 6.41. The average Bonchev–Trinajstić information content (AvgIpc) is 2.22. The van der Waals surface area contributed by atoms with Crippen molar-refractivity contribution in [3.63, 3.8) is 0 Å². The van der Waals surface area contributed by atoms with E-state index in [9.17, 15) is 9.59 Å². The van der Waals surface area contributed by atoms with Gasteiger partial charge in [-0.1, -0.05) is 31.4 Å². The predicted octanol–water partition coefficient (Wildman–Crippen LogP) is 1.73. The van der Waals surface area contributed by atoms with Gasteiger partial charge in [0.05, 0.1) is 0 Å². The van der Waals surface area contributed by atoms with E-state index in [1.54, 1.807) is 24.9 Å². The Bertz CT molecular complexity index is 103. The second-order valence-corrected chi connectivity index (χ2v) is 5.51. The van der Waals surface area contributed by atoms with Gasteiger partial charge in [-0.05, 0) is 6.42 Å². The fraction of sp³-hybridized carbons (Fsp3) is 0.800. The number of rotatable bonds is 4. The van der Waals surface area contributed by atoms with Crippen LogP contribution in [0, 0.1) is 0 Å². The van der Waals surface area contributed by atoms with Crippen LogP contribution in [-0.4, -0.2) is 22.1 Å². The molecule has 0 amide bonds. The average molecular weight is 200 g/mol. The van der Waals surface area contributed by atoms with Crippen LogP contribution in [-0.2, 0) is 9.59 Å². The molecular formula is C10H20O2Si. The third kappa shape index (κ3) is 11.6. The molecule has 0 aromatic carbocycles. The van der Waals surface area contributed by atoms with Crippen molar-refractivity contribution in [1.29, 1.82) is 0 Å². The summed E-state index contributed by atoms with van der Waals surface area (Å²) < 4.78 is 0. The Morgan fingerprint density at radius 1 is 0.923 bits per heavy atom. The van der Waals surface area contributed by atoms with Gasteiger partial charge in [0.25, 0.3) is 0 Å². The lowest BCUT2D eigenvalue weighted by molar-refractivity contribution is -0.108. The monoisotopic (exact) mass is 200 g/mol. The van der Waals surface area contributed by atoms with Crippen molar-refractivity contribution in [2.75, 3.05) is 0 Å². The lowest BCUT2D eigenvalue weighted by Gasteiger charge is -2.04. The van der Waals surface area contributed by atoms with Gasteiger partial charge in [0, 0.05) is 22.4 Å². The molecule has 76 valence electrons. The van der Waals surface area contributed by atoms with Gasteiger partial charge in [0.1, 0.15) is 12.6 Å². The van der Waals surface area contributed by atoms with Gasteiger partial charge in [-0.3, -0.25) is 0 Å². The van der Waals surface area contributed by atoms with Crippen LogP contribution >= 0.6 is 0 Å². The lowest BCUT2D eigenvalue weighted by Crippen LogP contribution is -1.94. The molecule has 0 saturated carbocycles. The molecule has 13 heavy (non-hydrogen) atoms. The molecule has 0 N–H and O–H groups in total. The second-order valence-electron chi connectivity index (χ2n) is 3.39. The predicted molar refractivity (Wildman–Crippen MR) is 58.0 cm³/mol. The largest absolute Gasteiger partial charge is 0.303 e. The summed E-state index contributed by atoms with van der Waals surface area (Å²) in [6.07, 6.45) is 8.03. The fourth-order valence-corrected chi connectivity index (χ4v) is 3.11. The molecule has 0 aromatic heterocycles. The van der Waals surface area contributed by atoms with E-state index in [1.807, 2.05) is 0 Å². The normalized spacial score (nSPS) is 15.4. The molecule has 0 unspecified atom stereocenters. The van der Waals surface area contributed by atoms with Crippen molar-refractivity contribution < 1.29 is 9.59 Å². The number of aldehydes is 2. The summed E-state index contributed by atoms with van der Waals surface area (Å²) in [7, 11) is 0.508. The highest BCUT2D eigenvalue weighted by Gasteiger charge is 1.96. The highest BCUT2D eigenvalue weighted by Crippen LogP contribution is 2.10. The molecule has 0 bridgehead atoms. The summed E-state index contributed by atoms with van der Waals surface area (Å²) in [5, 5.41) is 0. The third-order valence-electron chi connectivity index (χ3n) is 2.14. The van der Waals surface area contributed by atoms with Crippen LogP contribution in [0.5, 0.6) is 0 Å². The first kappa shape index (κ1) is 12.6. The number of hydrogen-bond acceptors (Lipinski definition) is 2. The molecule has 3 heteroatoms. The maximum absolute atomic E-state index is 9.56. The topological polar surface area (TPSA) is 34.1 Å². The van der Waals surface area contributed by atoms with Gasteiger partial charge in [-0.25, -0.2) is 0 Å². The minimum atomic E-state index is 0.508. The molecular weight excluding hydrogens is 180 g/mol. The van der Waals surface area contributed by atoms with E-state index >= 15 is 0 Å². The highest BCUT2D eigenvalue weighted by molar-refractivity contribution is 6.35. The molecule has 1 aliphatic rings. The summed E-state index contributed by atoms with van der Waals surface area (Å²) in [6, 6.07) is 3.28. The van der Waals surface area contributed by atoms with Crippen molar-refractivity contribution in [2.45, 2.75) is 50.6 Å². The van der Waals surface area contributed by atoms with Gasteiger partial charge in [-0.2, -0.15) is 0 Å². The summed E-state index contributed by atoms with van der Waals surface area (Å²) in [5.74, 6) is 0. The molecule has 0 spiro atoms. The second kappa shape index (κ2) is 11.6. The van der Waals surface area contributed by atoms with Crippen LogP contribution in [0.15, 0.2) is 0 Å². The number of unbranched alkanes of at least 4 members (excludes halogenated alkanes) is 2. The Morgan fingerprint density at radius 2 is 1.46 bits per heavy atom. The van der Waals surface area contributed by atoms with E-state index in [4.69, 9.17) is 0 Å². The van der Waals surface area contributed by atoms with Crippen molar-refractivity contribution in [2.24, 2.45) is 0 Å². The van der Waals surface area contributed by atoms with Gasteiger partial charge in [0.15, 0.2) is 0 Å². The van der Waals surface area contributed by atoms with Gasteiger partial charge < -0.3 is 9.59 Å². The zero-order chi connectivity index (χ0) is 9.78. The lowest BCUT2D eigenvalue weighted by atomic mass is 10.3. The van der Waals surface area contributed by atoms with Crippen molar-refractivity contribution >= 4 is 22.1 Å². The van der Waals surface area contributed by atoms with Crippen LogP contribution in [0.1, 0.15) is 38.5 Å². The van der Waals surface area contributed by atoms with Crippen LogP contribution in [0.3, 0.4) is 0 Å². The van der Waals surface area contributed by atoms with E-state index in [2.05, 4.69) is 0 Å². The summed E-state index contributed by atoms with van der Waals surface area (Å²) in [6.45, 7) is 0. The SMILES string of the molecule is C1CC[SiH2]CC1.O=CCCCC=O. The summed E-state index contributed by atoms with van der Waals surface area (Å²) in [4.78, 5) is 19.1. The fourth-order valence-electron chi connectivity index (χ4n) is 1.35. The quantitative estimate of drug-likeness (QED) is 0.393. The van der Waals surface area contributed by atoms with Gasteiger partial charge >= 0.3 is 0 Å². The van der Waals surface area contributed by atoms with E-state index in [0.717, 1.165) is 12.6 Å². The summed E-state index contributed by atoms with van der Waals surface area (Å²) >= 11 is 0. The molecule has 0 aromatic rings. The Labute approximate surface area is 82.9 Å². The molecule has 0 aliphatic carbocycles. The number of carbonyl (C=O) groups is 2. The Hall–Kier alpha value is -0.443. The molecule has 1 heterocycles. The van der Waals surface area contributed by atoms with E-state index in [0.29, 0.717) is 28.8 Å². The Kier molecular flexibility index (Phi) is 11.2. The van der Waals surface area contributed by atoms with Crippen LogP contribution < -0.4 is 0 Å². The molecule has 1 rings (SSSR count). The van der Waals surface area contributed by atoms with Crippen LogP contribution in [0.2, 0.25) is 12.1 Å². The minimum Gasteiger partial charge on any atom is -0.303 e. The maximum Gasteiger partial charge on any atom is 0.120 e. The van der Waals surface area contributed by atoms with Gasteiger partial charge in [-0.15, -0.1) is 0 Å². The van der Waals surface area contributed by atoms with Crippen LogP contribution in [0.25, 0.3) is 0 Å². The third-order valence-corrected chi connectivity index (χ3v) is 4.14. The van der Waals surface area contributed by atoms with Crippen molar-refractivity contribution in [1.82, 2.24) is 0 Å². The first-order valence-corrected chi connectivity index (χ1v) is 7.29. The Balaban J connectivity index is 0.000000223. The van der Waals surface area contributed by atoms with Gasteiger partial charge in [0.2, 0.25) is 0 Å². The van der Waals surface area contributed by atoms with E-state index in [-0.39, 0.29) is 0 Å². The number of hydrogen-bond donors (Lipinski definition) is 0. The molecule has 2 nitrogen and oxygen atoms in total. The summed E-state index contributed by atoms with van der Waals surface area (Å²) in [5.41, 5.74) is 0. The first-order valence-electron chi connectivity index (χ1n) is 5.29. The zero-order valence-electron chi connectivity index (χ0n) is 8.34.